The van der Waals surface area contributed by atoms with Gasteiger partial charge in [-0.05, 0) is 24.3 Å². The molecule has 0 heterocycles. The largest absolute Gasteiger partial charge is 0.341 e. The lowest BCUT2D eigenvalue weighted by atomic mass is 10.2. The molecule has 10 heteroatoms. The maximum Gasteiger partial charge on any atom is 0.341 e. The second kappa shape index (κ2) is 7.00. The second-order valence-electron chi connectivity index (χ2n) is 4.50. The van der Waals surface area contributed by atoms with Crippen molar-refractivity contribution < 1.29 is 26.4 Å². The standard InChI is InChI=1S/C14H8Cl2F3NO3S/c15-8-6-9(16)10(17)5-7(8)13(21)20-11-3-1-2-4-12(11)24(22,23)14(18)19/h1-6,14H,(H,20,21). The van der Waals surface area contributed by atoms with Crippen molar-refractivity contribution in [3.8, 4) is 0 Å². The summed E-state index contributed by atoms with van der Waals surface area (Å²) in [5, 5.41) is 1.63. The fourth-order valence-electron chi connectivity index (χ4n) is 1.80. The molecule has 128 valence electrons. The summed E-state index contributed by atoms with van der Waals surface area (Å²) in [6.07, 6.45) is 0. The molecule has 0 aromatic heterocycles. The van der Waals surface area contributed by atoms with Gasteiger partial charge >= 0.3 is 5.76 Å². The summed E-state index contributed by atoms with van der Waals surface area (Å²) in [6, 6.07) is 6.35. The highest BCUT2D eigenvalue weighted by Crippen LogP contribution is 2.28. The number of anilines is 1. The topological polar surface area (TPSA) is 63.2 Å². The van der Waals surface area contributed by atoms with Crippen LogP contribution in [0.5, 0.6) is 0 Å². The Bertz CT molecular complexity index is 904. The first-order valence-corrected chi connectivity index (χ1v) is 8.51. The summed E-state index contributed by atoms with van der Waals surface area (Å²) in [6.45, 7) is 0. The van der Waals surface area contributed by atoms with Crippen LogP contribution in [0, 0.1) is 5.82 Å². The van der Waals surface area contributed by atoms with E-state index in [-0.39, 0.29) is 21.3 Å². The smallest absolute Gasteiger partial charge is 0.321 e. The van der Waals surface area contributed by atoms with E-state index in [1.54, 1.807) is 0 Å². The predicted octanol–water partition coefficient (Wildman–Crippen LogP) is 4.38. The maximum absolute atomic E-state index is 13.5. The Morgan fingerprint density at radius 3 is 2.33 bits per heavy atom. The number of hydrogen-bond acceptors (Lipinski definition) is 3. The van der Waals surface area contributed by atoms with Gasteiger partial charge in [-0.15, -0.1) is 0 Å². The number of alkyl halides is 2. The molecular weight excluding hydrogens is 390 g/mol. The lowest BCUT2D eigenvalue weighted by Crippen LogP contribution is -2.18. The van der Waals surface area contributed by atoms with E-state index in [0.717, 1.165) is 24.3 Å². The highest BCUT2D eigenvalue weighted by molar-refractivity contribution is 7.91. The summed E-state index contributed by atoms with van der Waals surface area (Å²) >= 11 is 11.3. The maximum atomic E-state index is 13.5. The zero-order valence-corrected chi connectivity index (χ0v) is 13.9. The third-order valence-electron chi connectivity index (χ3n) is 2.93. The van der Waals surface area contributed by atoms with Crippen molar-refractivity contribution in [2.45, 2.75) is 10.7 Å². The number of benzene rings is 2. The first-order valence-electron chi connectivity index (χ1n) is 6.21. The minimum absolute atomic E-state index is 0.187. The van der Waals surface area contributed by atoms with Crippen molar-refractivity contribution in [1.29, 1.82) is 0 Å². The molecule has 0 saturated carbocycles. The third kappa shape index (κ3) is 3.66. The highest BCUT2D eigenvalue weighted by Gasteiger charge is 2.29. The van der Waals surface area contributed by atoms with Crippen molar-refractivity contribution in [3.63, 3.8) is 0 Å². The molecule has 0 unspecified atom stereocenters. The van der Waals surface area contributed by atoms with E-state index in [1.165, 1.54) is 12.1 Å². The predicted molar refractivity (Wildman–Crippen MR) is 84.0 cm³/mol. The molecule has 2 rings (SSSR count). The van der Waals surface area contributed by atoms with Gasteiger partial charge < -0.3 is 5.32 Å². The molecule has 0 aliphatic rings. The van der Waals surface area contributed by atoms with Crippen molar-refractivity contribution in [3.05, 3.63) is 57.8 Å². The van der Waals surface area contributed by atoms with E-state index in [1.807, 2.05) is 0 Å². The molecule has 1 N–H and O–H groups in total. The third-order valence-corrected chi connectivity index (χ3v) is 4.97. The molecule has 2 aromatic carbocycles. The van der Waals surface area contributed by atoms with Crippen LogP contribution in [0.15, 0.2) is 41.3 Å². The Balaban J connectivity index is 2.43. The molecule has 0 radical (unpaired) electrons. The van der Waals surface area contributed by atoms with Gasteiger partial charge in [0.05, 0.1) is 26.2 Å². The molecule has 24 heavy (non-hydrogen) atoms. The van der Waals surface area contributed by atoms with Crippen LogP contribution in [0.1, 0.15) is 10.4 Å². The molecule has 0 aliphatic carbocycles. The van der Waals surface area contributed by atoms with Gasteiger partial charge in [0, 0.05) is 0 Å². The van der Waals surface area contributed by atoms with Crippen LogP contribution in [0.3, 0.4) is 0 Å². The number of carbonyl (C=O) groups excluding carboxylic acids is 1. The van der Waals surface area contributed by atoms with E-state index in [9.17, 15) is 26.4 Å². The molecule has 0 bridgehead atoms. The van der Waals surface area contributed by atoms with Gasteiger partial charge in [0.2, 0.25) is 9.84 Å². The number of para-hydroxylation sites is 1. The van der Waals surface area contributed by atoms with Gasteiger partial charge in [0.25, 0.3) is 5.91 Å². The zero-order valence-electron chi connectivity index (χ0n) is 11.6. The summed E-state index contributed by atoms with van der Waals surface area (Å²) < 4.78 is 62.2. The van der Waals surface area contributed by atoms with Crippen LogP contribution in [0.2, 0.25) is 10.0 Å². The van der Waals surface area contributed by atoms with Crippen LogP contribution in [0.25, 0.3) is 0 Å². The molecule has 0 aliphatic heterocycles. The second-order valence-corrected chi connectivity index (χ2v) is 7.20. The lowest BCUT2D eigenvalue weighted by molar-refractivity contribution is 0.102. The highest BCUT2D eigenvalue weighted by atomic mass is 35.5. The first-order chi connectivity index (χ1) is 11.1. The van der Waals surface area contributed by atoms with Crippen molar-refractivity contribution in [2.24, 2.45) is 0 Å². The Morgan fingerprint density at radius 1 is 1.08 bits per heavy atom. The van der Waals surface area contributed by atoms with E-state index >= 15 is 0 Å². The number of amides is 1. The zero-order chi connectivity index (χ0) is 18.1. The number of carbonyl (C=O) groups is 1. The molecule has 0 spiro atoms. The summed E-state index contributed by atoms with van der Waals surface area (Å²) in [7, 11) is -4.94. The Hall–Kier alpha value is -1.77. The van der Waals surface area contributed by atoms with Crippen LogP contribution in [-0.2, 0) is 9.84 Å². The average molecular weight is 398 g/mol. The molecule has 4 nitrogen and oxygen atoms in total. The van der Waals surface area contributed by atoms with Gasteiger partial charge in [-0.2, -0.15) is 8.78 Å². The summed E-state index contributed by atoms with van der Waals surface area (Å²) in [5.41, 5.74) is -0.711. The minimum Gasteiger partial charge on any atom is -0.321 e. The Morgan fingerprint density at radius 2 is 1.71 bits per heavy atom. The van der Waals surface area contributed by atoms with Crippen molar-refractivity contribution in [2.75, 3.05) is 5.32 Å². The Kier molecular flexibility index (Phi) is 5.42. The van der Waals surface area contributed by atoms with Crippen LogP contribution >= 0.6 is 23.2 Å². The van der Waals surface area contributed by atoms with Gasteiger partial charge in [-0.25, -0.2) is 12.8 Å². The molecule has 0 saturated heterocycles. The monoisotopic (exact) mass is 397 g/mol. The molecule has 2 aromatic rings. The minimum atomic E-state index is -4.94. The summed E-state index contributed by atoms with van der Waals surface area (Å²) in [4.78, 5) is 11.4. The van der Waals surface area contributed by atoms with Crippen molar-refractivity contribution >= 4 is 44.6 Å². The number of halogens is 5. The Labute approximate surface area is 145 Å². The van der Waals surface area contributed by atoms with E-state index in [2.05, 4.69) is 5.32 Å². The van der Waals surface area contributed by atoms with E-state index in [4.69, 9.17) is 23.2 Å². The fourth-order valence-corrected chi connectivity index (χ4v) is 3.16. The molecule has 0 atom stereocenters. The van der Waals surface area contributed by atoms with Gasteiger partial charge in [-0.1, -0.05) is 35.3 Å². The van der Waals surface area contributed by atoms with Crippen molar-refractivity contribution in [1.82, 2.24) is 0 Å². The van der Waals surface area contributed by atoms with Crippen LogP contribution in [0.4, 0.5) is 18.9 Å². The summed E-state index contributed by atoms with van der Waals surface area (Å²) in [5.74, 6) is -5.56. The number of sulfone groups is 1. The normalized spacial score (nSPS) is 11.6. The first kappa shape index (κ1) is 18.6. The molecule has 1 amide bonds. The fraction of sp³-hybridized carbons (Fsp3) is 0.0714. The average Bonchev–Trinajstić information content (AvgIpc) is 2.51. The van der Waals surface area contributed by atoms with Gasteiger partial charge in [0.1, 0.15) is 5.82 Å². The van der Waals surface area contributed by atoms with E-state index in [0.29, 0.717) is 0 Å². The van der Waals surface area contributed by atoms with Crippen LogP contribution in [-0.4, -0.2) is 20.1 Å². The van der Waals surface area contributed by atoms with Gasteiger partial charge in [0.15, 0.2) is 0 Å². The van der Waals surface area contributed by atoms with Crippen LogP contribution < -0.4 is 5.32 Å². The molecule has 0 fully saturated rings. The van der Waals surface area contributed by atoms with Gasteiger partial charge in [-0.3, -0.25) is 4.79 Å². The molecular formula is C14H8Cl2F3NO3S. The lowest BCUT2D eigenvalue weighted by Gasteiger charge is -2.12. The quantitative estimate of drug-likeness (QED) is 0.778. The van der Waals surface area contributed by atoms with E-state index < -0.39 is 32.2 Å². The number of hydrogen-bond donors (Lipinski definition) is 1. The number of nitrogens with one attached hydrogen (secondary N) is 1. The SMILES string of the molecule is O=C(Nc1ccccc1S(=O)(=O)C(F)F)c1cc(F)c(Cl)cc1Cl. The number of rotatable bonds is 4.